The third kappa shape index (κ3) is 2.24. The van der Waals surface area contributed by atoms with Gasteiger partial charge in [-0.05, 0) is 17.5 Å². The van der Waals surface area contributed by atoms with Gasteiger partial charge in [-0.25, -0.2) is 0 Å². The highest BCUT2D eigenvalue weighted by molar-refractivity contribution is 5.84. The molecular weight excluding hydrogens is 228 g/mol. The standard InChI is InChI=1S/C14H18N2O2/c1-9(7-13(17)18)14(15)11-8-16(2)12-6-4-3-5-10(11)12/h3-6,8-9,14H,7,15H2,1-2H3,(H,17,18). The molecule has 0 aliphatic rings. The van der Waals surface area contributed by atoms with Crippen LogP contribution in [0, 0.1) is 5.92 Å². The van der Waals surface area contributed by atoms with Gasteiger partial charge in [-0.1, -0.05) is 25.1 Å². The van der Waals surface area contributed by atoms with Crippen molar-refractivity contribution in [1.29, 1.82) is 0 Å². The molecule has 1 aromatic heterocycles. The number of aliphatic carboxylic acids is 1. The fraction of sp³-hybridized carbons (Fsp3) is 0.357. The van der Waals surface area contributed by atoms with E-state index in [4.69, 9.17) is 10.8 Å². The van der Waals surface area contributed by atoms with E-state index in [1.807, 2.05) is 49.0 Å². The minimum absolute atomic E-state index is 0.0877. The molecule has 0 aliphatic carbocycles. The molecule has 18 heavy (non-hydrogen) atoms. The number of para-hydroxylation sites is 1. The van der Waals surface area contributed by atoms with Gasteiger partial charge in [-0.2, -0.15) is 0 Å². The molecule has 0 bridgehead atoms. The summed E-state index contributed by atoms with van der Waals surface area (Å²) in [4.78, 5) is 10.8. The largest absolute Gasteiger partial charge is 0.481 e. The van der Waals surface area contributed by atoms with Gasteiger partial charge in [0.25, 0.3) is 0 Å². The van der Waals surface area contributed by atoms with Crippen LogP contribution in [-0.2, 0) is 11.8 Å². The summed E-state index contributed by atoms with van der Waals surface area (Å²) in [5.74, 6) is -0.897. The second kappa shape index (κ2) is 4.82. The van der Waals surface area contributed by atoms with Crippen LogP contribution in [0.2, 0.25) is 0 Å². The highest BCUT2D eigenvalue weighted by Crippen LogP contribution is 2.29. The molecule has 1 aromatic carbocycles. The average molecular weight is 246 g/mol. The summed E-state index contributed by atoms with van der Waals surface area (Å²) in [6.07, 6.45) is 2.08. The first-order chi connectivity index (χ1) is 8.50. The maximum Gasteiger partial charge on any atom is 0.303 e. The molecule has 0 saturated heterocycles. The Bertz CT molecular complexity index is 574. The molecule has 0 saturated carbocycles. The quantitative estimate of drug-likeness (QED) is 0.869. The average Bonchev–Trinajstić information content (AvgIpc) is 2.66. The third-order valence-electron chi connectivity index (χ3n) is 3.40. The maximum absolute atomic E-state index is 10.8. The van der Waals surface area contributed by atoms with Crippen LogP contribution in [0.3, 0.4) is 0 Å². The minimum atomic E-state index is -0.807. The first-order valence-electron chi connectivity index (χ1n) is 6.02. The van der Waals surface area contributed by atoms with E-state index in [1.54, 1.807) is 0 Å². The van der Waals surface area contributed by atoms with E-state index in [2.05, 4.69) is 0 Å². The van der Waals surface area contributed by atoms with Gasteiger partial charge in [0.2, 0.25) is 0 Å². The van der Waals surface area contributed by atoms with Gasteiger partial charge in [0.15, 0.2) is 0 Å². The first-order valence-corrected chi connectivity index (χ1v) is 6.02. The van der Waals surface area contributed by atoms with Crippen LogP contribution in [0.25, 0.3) is 10.9 Å². The molecule has 1 heterocycles. The summed E-state index contributed by atoms with van der Waals surface area (Å²) < 4.78 is 2.03. The van der Waals surface area contributed by atoms with Crippen LogP contribution in [-0.4, -0.2) is 15.6 Å². The Hall–Kier alpha value is -1.81. The van der Waals surface area contributed by atoms with Crippen LogP contribution >= 0.6 is 0 Å². The number of benzene rings is 1. The lowest BCUT2D eigenvalue weighted by molar-refractivity contribution is -0.138. The molecule has 0 amide bonds. The van der Waals surface area contributed by atoms with E-state index >= 15 is 0 Å². The molecule has 0 radical (unpaired) electrons. The molecular formula is C14H18N2O2. The van der Waals surface area contributed by atoms with Crippen molar-refractivity contribution < 1.29 is 9.90 Å². The number of nitrogens with zero attached hydrogens (tertiary/aromatic N) is 1. The Morgan fingerprint density at radius 2 is 2.11 bits per heavy atom. The van der Waals surface area contributed by atoms with Gasteiger partial charge >= 0.3 is 5.97 Å². The van der Waals surface area contributed by atoms with Gasteiger partial charge in [-0.3, -0.25) is 4.79 Å². The summed E-state index contributed by atoms with van der Waals surface area (Å²) in [6, 6.07) is 7.76. The lowest BCUT2D eigenvalue weighted by atomic mass is 9.92. The zero-order valence-electron chi connectivity index (χ0n) is 10.6. The van der Waals surface area contributed by atoms with Crippen LogP contribution in [0.5, 0.6) is 0 Å². The van der Waals surface area contributed by atoms with Gasteiger partial charge in [-0.15, -0.1) is 0 Å². The van der Waals surface area contributed by atoms with Crippen LogP contribution < -0.4 is 5.73 Å². The smallest absolute Gasteiger partial charge is 0.303 e. The van der Waals surface area contributed by atoms with Gasteiger partial charge < -0.3 is 15.4 Å². The van der Waals surface area contributed by atoms with Crippen molar-refractivity contribution in [3.63, 3.8) is 0 Å². The molecule has 96 valence electrons. The Morgan fingerprint density at radius 3 is 2.78 bits per heavy atom. The molecule has 4 heteroatoms. The second-order valence-electron chi connectivity index (χ2n) is 4.81. The molecule has 0 spiro atoms. The SMILES string of the molecule is CC(CC(=O)O)C(N)c1cn(C)c2ccccc12. The van der Waals surface area contributed by atoms with Gasteiger partial charge in [0.05, 0.1) is 0 Å². The number of hydrogen-bond donors (Lipinski definition) is 2. The number of aromatic nitrogens is 1. The minimum Gasteiger partial charge on any atom is -0.481 e. The van der Waals surface area contributed by atoms with Crippen molar-refractivity contribution in [2.45, 2.75) is 19.4 Å². The van der Waals surface area contributed by atoms with Gasteiger partial charge in [0, 0.05) is 36.6 Å². The van der Waals surface area contributed by atoms with Crippen molar-refractivity contribution in [2.75, 3.05) is 0 Å². The van der Waals surface area contributed by atoms with E-state index in [9.17, 15) is 4.79 Å². The first kappa shape index (κ1) is 12.6. The van der Waals surface area contributed by atoms with E-state index in [1.165, 1.54) is 0 Å². The van der Waals surface area contributed by atoms with Crippen LogP contribution in [0.1, 0.15) is 24.9 Å². The number of carboxylic acid groups (broad SMARTS) is 1. The molecule has 2 rings (SSSR count). The van der Waals surface area contributed by atoms with E-state index in [-0.39, 0.29) is 18.4 Å². The molecule has 2 aromatic rings. The number of carboxylic acids is 1. The zero-order valence-corrected chi connectivity index (χ0v) is 10.6. The third-order valence-corrected chi connectivity index (χ3v) is 3.40. The molecule has 2 atom stereocenters. The molecule has 2 unspecified atom stereocenters. The molecule has 0 aliphatic heterocycles. The Balaban J connectivity index is 2.39. The molecule has 0 fully saturated rings. The number of nitrogens with two attached hydrogens (primary N) is 1. The Kier molecular flexibility index (Phi) is 3.39. The van der Waals surface area contributed by atoms with Crippen molar-refractivity contribution >= 4 is 16.9 Å². The summed E-state index contributed by atoms with van der Waals surface area (Å²) in [5, 5.41) is 9.94. The lowest BCUT2D eigenvalue weighted by Gasteiger charge is -2.17. The zero-order chi connectivity index (χ0) is 13.3. The lowest BCUT2D eigenvalue weighted by Crippen LogP contribution is -2.21. The number of rotatable bonds is 4. The van der Waals surface area contributed by atoms with Gasteiger partial charge in [0.1, 0.15) is 0 Å². The fourth-order valence-electron chi connectivity index (χ4n) is 2.35. The Labute approximate surface area is 106 Å². The monoisotopic (exact) mass is 246 g/mol. The summed E-state index contributed by atoms with van der Waals surface area (Å²) in [6.45, 7) is 1.88. The number of fused-ring (bicyclic) bond motifs is 1. The fourth-order valence-corrected chi connectivity index (χ4v) is 2.35. The summed E-state index contributed by atoms with van der Waals surface area (Å²) >= 11 is 0. The summed E-state index contributed by atoms with van der Waals surface area (Å²) in [5.41, 5.74) is 8.32. The van der Waals surface area contributed by atoms with Crippen molar-refractivity contribution in [3.05, 3.63) is 36.0 Å². The summed E-state index contributed by atoms with van der Waals surface area (Å²) in [7, 11) is 1.97. The van der Waals surface area contributed by atoms with Crippen LogP contribution in [0.4, 0.5) is 0 Å². The highest BCUT2D eigenvalue weighted by Gasteiger charge is 2.21. The number of aryl methyl sites for hydroxylation is 1. The predicted molar refractivity (Wildman–Crippen MR) is 71.3 cm³/mol. The van der Waals surface area contributed by atoms with Crippen molar-refractivity contribution in [1.82, 2.24) is 4.57 Å². The highest BCUT2D eigenvalue weighted by atomic mass is 16.4. The predicted octanol–water partition coefficient (Wildman–Crippen LogP) is 2.29. The number of carbonyl (C=O) groups is 1. The van der Waals surface area contributed by atoms with E-state index in [0.717, 1.165) is 16.5 Å². The topological polar surface area (TPSA) is 68.2 Å². The Morgan fingerprint density at radius 1 is 1.44 bits per heavy atom. The van der Waals surface area contributed by atoms with E-state index < -0.39 is 5.97 Å². The van der Waals surface area contributed by atoms with E-state index in [0.29, 0.717) is 0 Å². The molecule has 3 N–H and O–H groups in total. The second-order valence-corrected chi connectivity index (χ2v) is 4.81. The molecule has 4 nitrogen and oxygen atoms in total. The maximum atomic E-state index is 10.8. The van der Waals surface area contributed by atoms with Crippen molar-refractivity contribution in [2.24, 2.45) is 18.7 Å². The number of hydrogen-bond acceptors (Lipinski definition) is 2. The van der Waals surface area contributed by atoms with Crippen LogP contribution in [0.15, 0.2) is 30.5 Å². The van der Waals surface area contributed by atoms with Crippen molar-refractivity contribution in [3.8, 4) is 0 Å². The normalized spacial score (nSPS) is 14.6.